The zero-order chi connectivity index (χ0) is 18.5. The predicted molar refractivity (Wildman–Crippen MR) is 100 cm³/mol. The second-order valence-electron chi connectivity index (χ2n) is 5.89. The summed E-state index contributed by atoms with van der Waals surface area (Å²) in [6, 6.07) is 12.4. The third kappa shape index (κ3) is 4.54. The lowest BCUT2D eigenvalue weighted by Crippen LogP contribution is -2.38. The van der Waals surface area contributed by atoms with Crippen molar-refractivity contribution in [2.75, 3.05) is 19.8 Å². The predicted octanol–water partition coefficient (Wildman–Crippen LogP) is 2.83. The Bertz CT molecular complexity index is 825. The Hall–Kier alpha value is -2.54. The molecule has 2 amide bonds. The van der Waals surface area contributed by atoms with Crippen molar-refractivity contribution in [2.24, 2.45) is 0 Å². The van der Waals surface area contributed by atoms with Crippen molar-refractivity contribution in [2.45, 2.75) is 13.0 Å². The molecule has 0 bridgehead atoms. The second kappa shape index (κ2) is 8.23. The molecule has 7 heteroatoms. The van der Waals surface area contributed by atoms with Crippen molar-refractivity contribution >= 4 is 27.7 Å². The Labute approximate surface area is 160 Å². The summed E-state index contributed by atoms with van der Waals surface area (Å²) >= 11 is 3.32. The number of fused-ring (bicyclic) bond motifs is 1. The Morgan fingerprint density at radius 1 is 1.12 bits per heavy atom. The van der Waals surface area contributed by atoms with E-state index >= 15 is 0 Å². The molecule has 1 aliphatic rings. The highest BCUT2D eigenvalue weighted by molar-refractivity contribution is 9.10. The lowest BCUT2D eigenvalue weighted by Gasteiger charge is -2.21. The van der Waals surface area contributed by atoms with Crippen molar-refractivity contribution in [1.82, 2.24) is 10.6 Å². The highest BCUT2D eigenvalue weighted by Crippen LogP contribution is 2.32. The third-order valence-corrected chi connectivity index (χ3v) is 4.43. The van der Waals surface area contributed by atoms with Gasteiger partial charge in [0.2, 0.25) is 5.91 Å². The fourth-order valence-corrected chi connectivity index (χ4v) is 3.00. The van der Waals surface area contributed by atoms with Gasteiger partial charge in [0.25, 0.3) is 5.91 Å². The van der Waals surface area contributed by atoms with Crippen LogP contribution in [0, 0.1) is 0 Å². The summed E-state index contributed by atoms with van der Waals surface area (Å²) in [5, 5.41) is 5.48. The zero-order valence-corrected chi connectivity index (χ0v) is 15.8. The quantitative estimate of drug-likeness (QED) is 0.782. The Morgan fingerprint density at radius 2 is 1.88 bits per heavy atom. The van der Waals surface area contributed by atoms with E-state index in [2.05, 4.69) is 26.6 Å². The number of hydrogen-bond donors (Lipinski definition) is 2. The van der Waals surface area contributed by atoms with Crippen LogP contribution in [0.3, 0.4) is 0 Å². The third-order valence-electron chi connectivity index (χ3n) is 3.94. The zero-order valence-electron chi connectivity index (χ0n) is 14.3. The van der Waals surface area contributed by atoms with Gasteiger partial charge in [-0.05, 0) is 42.8 Å². The van der Waals surface area contributed by atoms with Gasteiger partial charge in [0.05, 0.1) is 12.6 Å². The van der Waals surface area contributed by atoms with Gasteiger partial charge in [-0.2, -0.15) is 0 Å². The molecule has 0 spiro atoms. The first kappa shape index (κ1) is 18.3. The number of hydrogen-bond acceptors (Lipinski definition) is 4. The van der Waals surface area contributed by atoms with E-state index < -0.39 is 0 Å². The van der Waals surface area contributed by atoms with E-state index in [0.29, 0.717) is 30.3 Å². The van der Waals surface area contributed by atoms with Gasteiger partial charge in [-0.3, -0.25) is 9.59 Å². The highest BCUT2D eigenvalue weighted by Gasteiger charge is 2.16. The number of ether oxygens (including phenoxy) is 2. The van der Waals surface area contributed by atoms with Crippen LogP contribution in [0.4, 0.5) is 0 Å². The molecule has 1 heterocycles. The number of carbonyl (C=O) groups is 2. The van der Waals surface area contributed by atoms with E-state index in [-0.39, 0.29) is 24.4 Å². The van der Waals surface area contributed by atoms with E-state index in [0.717, 1.165) is 10.0 Å². The van der Waals surface area contributed by atoms with Crippen molar-refractivity contribution in [3.05, 3.63) is 58.1 Å². The average molecular weight is 419 g/mol. The fourth-order valence-electron chi connectivity index (χ4n) is 2.60. The molecular weight excluding hydrogens is 400 g/mol. The molecule has 136 valence electrons. The molecule has 0 fully saturated rings. The standard InChI is InChI=1S/C19H19BrN2O4/c1-12(13-5-6-16-17(10-13)26-8-7-25-16)22-18(23)11-21-19(24)14-3-2-4-15(20)9-14/h2-6,9-10,12H,7-8,11H2,1H3,(H,21,24)(H,22,23)/t12-/m1/s1. The first-order valence-electron chi connectivity index (χ1n) is 8.25. The van der Waals surface area contributed by atoms with Crippen LogP contribution in [-0.2, 0) is 4.79 Å². The van der Waals surface area contributed by atoms with Crippen molar-refractivity contribution in [3.8, 4) is 11.5 Å². The number of amides is 2. The topological polar surface area (TPSA) is 76.7 Å². The van der Waals surface area contributed by atoms with Crippen LogP contribution in [-0.4, -0.2) is 31.6 Å². The van der Waals surface area contributed by atoms with E-state index in [1.54, 1.807) is 18.2 Å². The molecule has 0 unspecified atom stereocenters. The van der Waals surface area contributed by atoms with Gasteiger partial charge in [-0.1, -0.05) is 28.1 Å². The summed E-state index contributed by atoms with van der Waals surface area (Å²) in [6.45, 7) is 2.83. The van der Waals surface area contributed by atoms with Crippen LogP contribution in [0.1, 0.15) is 28.9 Å². The van der Waals surface area contributed by atoms with Gasteiger partial charge < -0.3 is 20.1 Å². The van der Waals surface area contributed by atoms with E-state index in [9.17, 15) is 9.59 Å². The summed E-state index contributed by atoms with van der Waals surface area (Å²) < 4.78 is 11.9. The minimum absolute atomic E-state index is 0.0970. The summed E-state index contributed by atoms with van der Waals surface area (Å²) in [7, 11) is 0. The normalized spacial score (nSPS) is 13.6. The molecule has 2 aromatic carbocycles. The minimum atomic E-state index is -0.298. The molecule has 0 aliphatic carbocycles. The number of halogens is 1. The largest absolute Gasteiger partial charge is 0.486 e. The van der Waals surface area contributed by atoms with Gasteiger partial charge in [0.15, 0.2) is 11.5 Å². The van der Waals surface area contributed by atoms with Gasteiger partial charge in [0, 0.05) is 10.0 Å². The maximum atomic E-state index is 12.1. The molecule has 2 aromatic rings. The average Bonchev–Trinajstić information content (AvgIpc) is 2.65. The lowest BCUT2D eigenvalue weighted by molar-refractivity contribution is -0.120. The monoisotopic (exact) mass is 418 g/mol. The van der Waals surface area contributed by atoms with Crippen LogP contribution in [0.5, 0.6) is 11.5 Å². The van der Waals surface area contributed by atoms with E-state index in [4.69, 9.17) is 9.47 Å². The molecule has 1 atom stereocenters. The van der Waals surface area contributed by atoms with E-state index in [1.807, 2.05) is 31.2 Å². The number of nitrogens with one attached hydrogen (secondary N) is 2. The maximum Gasteiger partial charge on any atom is 0.251 e. The molecule has 6 nitrogen and oxygen atoms in total. The van der Waals surface area contributed by atoms with Gasteiger partial charge in [-0.15, -0.1) is 0 Å². The number of carbonyl (C=O) groups excluding carboxylic acids is 2. The Balaban J connectivity index is 1.53. The van der Waals surface area contributed by atoms with Crippen LogP contribution in [0.25, 0.3) is 0 Å². The second-order valence-corrected chi connectivity index (χ2v) is 6.80. The molecule has 1 aliphatic heterocycles. The minimum Gasteiger partial charge on any atom is -0.486 e. The van der Waals surface area contributed by atoms with Gasteiger partial charge >= 0.3 is 0 Å². The number of rotatable bonds is 5. The first-order valence-corrected chi connectivity index (χ1v) is 9.05. The molecule has 2 N–H and O–H groups in total. The molecule has 26 heavy (non-hydrogen) atoms. The molecule has 0 saturated carbocycles. The molecule has 3 rings (SSSR count). The van der Waals surface area contributed by atoms with Crippen LogP contribution in [0.2, 0.25) is 0 Å². The highest BCUT2D eigenvalue weighted by atomic mass is 79.9. The summed E-state index contributed by atoms with van der Waals surface area (Å²) in [6.07, 6.45) is 0. The molecule has 0 radical (unpaired) electrons. The van der Waals surface area contributed by atoms with Crippen molar-refractivity contribution in [3.63, 3.8) is 0 Å². The van der Waals surface area contributed by atoms with E-state index in [1.165, 1.54) is 0 Å². The first-order chi connectivity index (χ1) is 12.5. The SMILES string of the molecule is C[C@@H](NC(=O)CNC(=O)c1cccc(Br)c1)c1ccc2c(c1)OCCO2. The lowest BCUT2D eigenvalue weighted by atomic mass is 10.1. The van der Waals surface area contributed by atoms with Gasteiger partial charge in [0.1, 0.15) is 13.2 Å². The van der Waals surface area contributed by atoms with Crippen LogP contribution < -0.4 is 20.1 Å². The molecular formula is C19H19BrN2O4. The molecule has 0 saturated heterocycles. The maximum absolute atomic E-state index is 12.1. The Kier molecular flexibility index (Phi) is 5.78. The van der Waals surface area contributed by atoms with Crippen LogP contribution in [0.15, 0.2) is 46.9 Å². The van der Waals surface area contributed by atoms with Crippen molar-refractivity contribution < 1.29 is 19.1 Å². The smallest absolute Gasteiger partial charge is 0.251 e. The summed E-state index contributed by atoms with van der Waals surface area (Å²) in [5.74, 6) is 0.821. The fraction of sp³-hybridized carbons (Fsp3) is 0.263. The van der Waals surface area contributed by atoms with Crippen molar-refractivity contribution in [1.29, 1.82) is 0 Å². The summed E-state index contributed by atoms with van der Waals surface area (Å²) in [5.41, 5.74) is 1.40. The summed E-state index contributed by atoms with van der Waals surface area (Å²) in [4.78, 5) is 24.2. The molecule has 0 aromatic heterocycles. The Morgan fingerprint density at radius 3 is 2.65 bits per heavy atom. The van der Waals surface area contributed by atoms with Crippen LogP contribution >= 0.6 is 15.9 Å². The number of benzene rings is 2. The van der Waals surface area contributed by atoms with Gasteiger partial charge in [-0.25, -0.2) is 0 Å².